The van der Waals surface area contributed by atoms with Crippen LogP contribution in [0.5, 0.6) is 5.75 Å². The number of rotatable bonds is 9. The molecule has 0 aromatic heterocycles. The van der Waals surface area contributed by atoms with Gasteiger partial charge in [-0.3, -0.25) is 9.59 Å². The zero-order valence-electron chi connectivity index (χ0n) is 16.3. The first-order chi connectivity index (χ1) is 12.9. The predicted molar refractivity (Wildman–Crippen MR) is 108 cm³/mol. The van der Waals surface area contributed by atoms with Crippen molar-refractivity contribution in [1.82, 2.24) is 4.90 Å². The van der Waals surface area contributed by atoms with Crippen LogP contribution in [0.1, 0.15) is 32.8 Å². The van der Waals surface area contributed by atoms with Crippen molar-refractivity contribution in [2.24, 2.45) is 0 Å². The molecule has 0 aliphatic carbocycles. The molecule has 0 unspecified atom stereocenters. The van der Waals surface area contributed by atoms with Gasteiger partial charge in [-0.05, 0) is 50.1 Å². The summed E-state index contributed by atoms with van der Waals surface area (Å²) < 4.78 is 5.59. The Kier molecular flexibility index (Phi) is 7.86. The Balaban J connectivity index is 1.80. The molecular formula is C22H28N2O3. The normalized spacial score (nSPS) is 10.5. The molecule has 2 aromatic rings. The second-order valence-electron chi connectivity index (χ2n) is 6.73. The Morgan fingerprint density at radius 2 is 1.67 bits per heavy atom. The van der Waals surface area contributed by atoms with Crippen LogP contribution in [0.25, 0.3) is 0 Å². The first kappa shape index (κ1) is 20.5. The van der Waals surface area contributed by atoms with E-state index in [-0.39, 0.29) is 24.3 Å². The van der Waals surface area contributed by atoms with Gasteiger partial charge in [0.05, 0.1) is 6.10 Å². The number of benzene rings is 2. The minimum absolute atomic E-state index is 0.0195. The van der Waals surface area contributed by atoms with E-state index in [1.807, 2.05) is 68.4 Å². The summed E-state index contributed by atoms with van der Waals surface area (Å²) in [5, 5.41) is 2.86. The van der Waals surface area contributed by atoms with Crippen LogP contribution in [0.15, 0.2) is 54.6 Å². The minimum Gasteiger partial charge on any atom is -0.491 e. The van der Waals surface area contributed by atoms with E-state index < -0.39 is 0 Å². The fourth-order valence-corrected chi connectivity index (χ4v) is 2.68. The van der Waals surface area contributed by atoms with Gasteiger partial charge in [0.1, 0.15) is 5.75 Å². The van der Waals surface area contributed by atoms with Crippen molar-refractivity contribution >= 4 is 17.5 Å². The Hall–Kier alpha value is -2.82. The maximum Gasteiger partial charge on any atom is 0.226 e. The van der Waals surface area contributed by atoms with Gasteiger partial charge in [-0.2, -0.15) is 0 Å². The Morgan fingerprint density at radius 3 is 2.26 bits per heavy atom. The average Bonchev–Trinajstić information content (AvgIpc) is 2.63. The van der Waals surface area contributed by atoms with E-state index in [2.05, 4.69) is 5.32 Å². The number of ether oxygens (including phenoxy) is 1. The van der Waals surface area contributed by atoms with Gasteiger partial charge in [-0.1, -0.05) is 30.3 Å². The summed E-state index contributed by atoms with van der Waals surface area (Å²) >= 11 is 0. The van der Waals surface area contributed by atoms with Crippen LogP contribution >= 0.6 is 0 Å². The quantitative estimate of drug-likeness (QED) is 0.730. The number of carbonyl (C=O) groups excluding carboxylic acids is 2. The van der Waals surface area contributed by atoms with Crippen LogP contribution in [0.2, 0.25) is 0 Å². The third-order valence-electron chi connectivity index (χ3n) is 4.08. The van der Waals surface area contributed by atoms with Crippen molar-refractivity contribution in [2.75, 3.05) is 18.4 Å². The third-order valence-corrected chi connectivity index (χ3v) is 4.08. The molecule has 2 amide bonds. The molecule has 144 valence electrons. The molecule has 0 radical (unpaired) electrons. The van der Waals surface area contributed by atoms with Crippen molar-refractivity contribution in [3.05, 3.63) is 60.2 Å². The fraction of sp³-hybridized carbons (Fsp3) is 0.364. The summed E-state index contributed by atoms with van der Waals surface area (Å²) in [6.45, 7) is 6.48. The summed E-state index contributed by atoms with van der Waals surface area (Å²) in [7, 11) is 0. The van der Waals surface area contributed by atoms with Crippen molar-refractivity contribution in [2.45, 2.75) is 39.7 Å². The molecule has 0 atom stereocenters. The lowest BCUT2D eigenvalue weighted by atomic mass is 10.1. The van der Waals surface area contributed by atoms with E-state index in [1.165, 1.54) is 12.5 Å². The van der Waals surface area contributed by atoms with Crippen LogP contribution < -0.4 is 10.1 Å². The monoisotopic (exact) mass is 368 g/mol. The van der Waals surface area contributed by atoms with Gasteiger partial charge >= 0.3 is 0 Å². The van der Waals surface area contributed by atoms with Gasteiger partial charge in [-0.25, -0.2) is 0 Å². The molecule has 5 heteroatoms. The summed E-state index contributed by atoms with van der Waals surface area (Å²) in [5.74, 6) is 0.638. The van der Waals surface area contributed by atoms with Gasteiger partial charge < -0.3 is 15.0 Å². The highest BCUT2D eigenvalue weighted by molar-refractivity contribution is 5.91. The van der Waals surface area contributed by atoms with E-state index in [0.717, 1.165) is 17.9 Å². The summed E-state index contributed by atoms with van der Waals surface area (Å²) in [4.78, 5) is 25.8. The molecule has 0 bridgehead atoms. The molecule has 1 N–H and O–H groups in total. The molecule has 0 saturated heterocycles. The molecule has 0 saturated carbocycles. The molecule has 0 heterocycles. The van der Waals surface area contributed by atoms with Crippen molar-refractivity contribution < 1.29 is 14.3 Å². The number of amides is 2. The number of carbonyl (C=O) groups is 2. The smallest absolute Gasteiger partial charge is 0.226 e. The number of hydrogen-bond donors (Lipinski definition) is 1. The third kappa shape index (κ3) is 7.52. The number of hydrogen-bond acceptors (Lipinski definition) is 3. The van der Waals surface area contributed by atoms with E-state index in [4.69, 9.17) is 4.74 Å². The molecule has 2 aromatic carbocycles. The predicted octanol–water partition coefficient (Wildman–Crippen LogP) is 3.89. The van der Waals surface area contributed by atoms with Crippen molar-refractivity contribution in [3.63, 3.8) is 0 Å². The lowest BCUT2D eigenvalue weighted by Gasteiger charge is -2.21. The van der Waals surface area contributed by atoms with Crippen LogP contribution in [-0.2, 0) is 16.0 Å². The van der Waals surface area contributed by atoms with E-state index in [1.54, 1.807) is 4.90 Å². The van der Waals surface area contributed by atoms with Crippen LogP contribution in [0.3, 0.4) is 0 Å². The first-order valence-corrected chi connectivity index (χ1v) is 9.30. The van der Waals surface area contributed by atoms with Gasteiger partial charge in [0, 0.05) is 32.1 Å². The highest BCUT2D eigenvalue weighted by Gasteiger charge is 2.11. The Morgan fingerprint density at radius 1 is 1.00 bits per heavy atom. The SMILES string of the molecule is CC(=O)N(CCC(=O)Nc1ccc(OC(C)C)cc1)CCc1ccccc1. The van der Waals surface area contributed by atoms with Gasteiger partial charge in [0.25, 0.3) is 0 Å². The molecule has 0 aliphatic rings. The second kappa shape index (κ2) is 10.4. The van der Waals surface area contributed by atoms with Crippen LogP contribution in [0.4, 0.5) is 5.69 Å². The van der Waals surface area contributed by atoms with E-state index >= 15 is 0 Å². The van der Waals surface area contributed by atoms with Crippen molar-refractivity contribution in [3.8, 4) is 5.75 Å². The Labute approximate surface area is 161 Å². The molecule has 27 heavy (non-hydrogen) atoms. The maximum absolute atomic E-state index is 12.2. The van der Waals surface area contributed by atoms with Crippen LogP contribution in [0, 0.1) is 0 Å². The van der Waals surface area contributed by atoms with Crippen LogP contribution in [-0.4, -0.2) is 35.9 Å². The van der Waals surface area contributed by atoms with Gasteiger partial charge in [0.15, 0.2) is 0 Å². The lowest BCUT2D eigenvalue weighted by molar-refractivity contribution is -0.129. The largest absolute Gasteiger partial charge is 0.491 e. The average molecular weight is 368 g/mol. The van der Waals surface area contributed by atoms with E-state index in [0.29, 0.717) is 13.1 Å². The van der Waals surface area contributed by atoms with Gasteiger partial charge in [0.2, 0.25) is 11.8 Å². The fourth-order valence-electron chi connectivity index (χ4n) is 2.68. The number of nitrogens with one attached hydrogen (secondary N) is 1. The molecule has 2 rings (SSSR count). The molecule has 0 aliphatic heterocycles. The summed E-state index contributed by atoms with van der Waals surface area (Å²) in [6.07, 6.45) is 1.15. The molecule has 0 fully saturated rings. The summed E-state index contributed by atoms with van der Waals surface area (Å²) in [5.41, 5.74) is 1.90. The maximum atomic E-state index is 12.2. The molecule has 0 spiro atoms. The van der Waals surface area contributed by atoms with Crippen molar-refractivity contribution in [1.29, 1.82) is 0 Å². The Bertz CT molecular complexity index is 727. The highest BCUT2D eigenvalue weighted by atomic mass is 16.5. The molecule has 5 nitrogen and oxygen atoms in total. The zero-order chi connectivity index (χ0) is 19.6. The lowest BCUT2D eigenvalue weighted by Crippen LogP contribution is -2.33. The topological polar surface area (TPSA) is 58.6 Å². The standard InChI is InChI=1S/C22H28N2O3/c1-17(2)27-21-11-9-20(10-12-21)23-22(26)14-16-24(18(3)25)15-13-19-7-5-4-6-8-19/h4-12,17H,13-16H2,1-3H3,(H,23,26). The number of nitrogens with zero attached hydrogens (tertiary/aromatic N) is 1. The van der Waals surface area contributed by atoms with Gasteiger partial charge in [-0.15, -0.1) is 0 Å². The van der Waals surface area contributed by atoms with E-state index in [9.17, 15) is 9.59 Å². The molecular weight excluding hydrogens is 340 g/mol. The second-order valence-corrected chi connectivity index (χ2v) is 6.73. The summed E-state index contributed by atoms with van der Waals surface area (Å²) in [6, 6.07) is 17.3. The minimum atomic E-state index is -0.113. The zero-order valence-corrected chi connectivity index (χ0v) is 16.3. The first-order valence-electron chi connectivity index (χ1n) is 9.30. The number of anilines is 1. The highest BCUT2D eigenvalue weighted by Crippen LogP contribution is 2.17.